The van der Waals surface area contributed by atoms with Crippen molar-refractivity contribution in [3.8, 4) is 0 Å². The first kappa shape index (κ1) is 94.3. The molecule has 1 saturated carbocycles. The van der Waals surface area contributed by atoms with Gasteiger partial charge < -0.3 is 24.3 Å². The Morgan fingerprint density at radius 1 is 0.459 bits per heavy atom. The zero-order chi connectivity index (χ0) is 79.7. The third-order valence-electron chi connectivity index (χ3n) is 17.6. The van der Waals surface area contributed by atoms with E-state index >= 15 is 0 Å². The van der Waals surface area contributed by atoms with Gasteiger partial charge in [-0.15, -0.1) is 6.58 Å². The van der Waals surface area contributed by atoms with Gasteiger partial charge in [0.2, 0.25) is 0 Å². The van der Waals surface area contributed by atoms with E-state index in [1.54, 1.807) is 30.4 Å². The average Bonchev–Trinajstić information content (AvgIpc) is 1.70. The van der Waals surface area contributed by atoms with Crippen molar-refractivity contribution in [3.63, 3.8) is 0 Å². The van der Waals surface area contributed by atoms with Crippen molar-refractivity contribution >= 4 is 77.0 Å². The molecule has 8 nitrogen and oxygen atoms in total. The van der Waals surface area contributed by atoms with Gasteiger partial charge >= 0.3 is 129 Å². The summed E-state index contributed by atoms with van der Waals surface area (Å²) in [7, 11) is 22.1. The van der Waals surface area contributed by atoms with Gasteiger partial charge in [-0.25, -0.2) is 0 Å². The quantitative estimate of drug-likeness (QED) is 0.0372. The molecule has 2 atom stereocenters. The van der Waals surface area contributed by atoms with E-state index in [2.05, 4.69) is 266 Å². The molecule has 2 unspecified atom stereocenters. The zero-order valence-electron chi connectivity index (χ0n) is 67.5. The maximum absolute atomic E-state index is 5.67. The Morgan fingerprint density at radius 3 is 1.04 bits per heavy atom. The van der Waals surface area contributed by atoms with Crippen LogP contribution in [0, 0.1) is 108 Å². The van der Waals surface area contributed by atoms with Crippen LogP contribution in [0.1, 0.15) is 150 Å². The van der Waals surface area contributed by atoms with Crippen LogP contribution in [0.15, 0.2) is 250 Å². The van der Waals surface area contributed by atoms with E-state index in [4.69, 9.17) is 43.5 Å². The molecule has 4 heterocycles. The molecule has 13 rings (SSSR count). The number of halogens is 4. The predicted molar refractivity (Wildman–Crippen MR) is 474 cm³/mol. The van der Waals surface area contributed by atoms with Crippen LogP contribution in [-0.2, 0) is 36.5 Å². The first-order valence-electron chi connectivity index (χ1n) is 37.8. The fraction of sp³-hybridized carbons (Fsp3) is 0.326. The van der Waals surface area contributed by atoms with E-state index in [1.165, 1.54) is 145 Å². The Hall–Kier alpha value is -7.09. The number of hydrogen-bond donors (Lipinski definition) is 0. The van der Waals surface area contributed by atoms with Crippen LogP contribution in [0.4, 0.5) is 22.7 Å². The third kappa shape index (κ3) is 37.7. The number of rotatable bonds is 13. The van der Waals surface area contributed by atoms with Gasteiger partial charge in [-0.05, 0) is 234 Å². The molecular weight excluding hydrogens is 1600 g/mol. The maximum Gasteiger partial charge on any atom is 0.0267 e. The third-order valence-corrected chi connectivity index (χ3v) is 20.8. The Bertz CT molecular complexity index is 3680. The second kappa shape index (κ2) is 55.3. The van der Waals surface area contributed by atoms with Crippen LogP contribution in [0.2, 0.25) is 0 Å². The van der Waals surface area contributed by atoms with Crippen LogP contribution >= 0.6 is 38.8 Å². The molecule has 2 saturated heterocycles. The minimum atomic E-state index is -1.63. The number of anilines is 4. The molecule has 0 amide bonds. The topological polar surface area (TPSA) is 57.2 Å². The van der Waals surface area contributed by atoms with Crippen molar-refractivity contribution in [3.05, 3.63) is 341 Å². The van der Waals surface area contributed by atoms with Crippen LogP contribution in [0.3, 0.4) is 0 Å². The maximum atomic E-state index is 5.67. The smallest absolute Gasteiger partial charge is 0.0267 e. The molecule has 14 heteroatoms. The second-order valence-corrected chi connectivity index (χ2v) is 38.3. The second-order valence-electron chi connectivity index (χ2n) is 27.0. The van der Waals surface area contributed by atoms with Crippen LogP contribution in [0.5, 0.6) is 0 Å². The number of fused-ring (bicyclic) bond motifs is 2. The molecular formula is C95H122Cl4N6O2Ru2-2. The monoisotopic (exact) mass is 1720 g/mol. The first-order chi connectivity index (χ1) is 52.5. The molecule has 5 aliphatic rings. The van der Waals surface area contributed by atoms with Gasteiger partial charge in [0.05, 0.1) is 12.9 Å². The molecule has 0 radical (unpaired) electrons. The summed E-state index contributed by atoms with van der Waals surface area (Å²) < 4.78 is 11.3. The molecule has 0 spiro atoms. The van der Waals surface area contributed by atoms with Gasteiger partial charge in [0, 0.05) is 73.7 Å². The molecule has 6 aromatic carbocycles. The van der Waals surface area contributed by atoms with Crippen LogP contribution in [-0.4, -0.2) is 58.8 Å². The van der Waals surface area contributed by atoms with Gasteiger partial charge in [0.25, 0.3) is 0 Å². The van der Waals surface area contributed by atoms with E-state index in [1.807, 2.05) is 109 Å². The summed E-state index contributed by atoms with van der Waals surface area (Å²) >= 11 is -3.24. The number of benzene rings is 6. The minimum absolute atomic E-state index is 0.657. The Kier molecular flexibility index (Phi) is 47.9. The van der Waals surface area contributed by atoms with Gasteiger partial charge in [-0.2, -0.15) is 13.3 Å². The summed E-state index contributed by atoms with van der Waals surface area (Å²) in [6.07, 6.45) is 40.6. The molecule has 3 aliphatic carbocycles. The van der Waals surface area contributed by atoms with E-state index in [-0.39, 0.29) is 0 Å². The van der Waals surface area contributed by atoms with Crippen molar-refractivity contribution in [1.29, 1.82) is 0 Å². The predicted octanol–water partition coefficient (Wildman–Crippen LogP) is 26.6. The minimum Gasteiger partial charge on any atom is -0.265 e. The van der Waals surface area contributed by atoms with Gasteiger partial charge in [-0.1, -0.05) is 186 Å². The largest absolute Gasteiger partial charge is 0.265 e. The fourth-order valence-corrected chi connectivity index (χ4v) is 16.3. The number of unbranched alkanes of at least 4 members (excludes halogenated alkanes) is 1. The number of nitrogens with zero attached hydrogens (tertiary/aromatic N) is 6. The van der Waals surface area contributed by atoms with E-state index < -0.39 is 27.0 Å². The van der Waals surface area contributed by atoms with E-state index in [9.17, 15) is 0 Å². The normalized spacial score (nSPS) is 15.5. The molecule has 0 N–H and O–H groups in total. The first-order valence-corrected chi connectivity index (χ1v) is 48.8. The summed E-state index contributed by atoms with van der Waals surface area (Å²) in [4.78, 5) is 18.7. The Morgan fingerprint density at radius 2 is 0.807 bits per heavy atom. The zero-order valence-corrected chi connectivity index (χ0v) is 74.0. The van der Waals surface area contributed by atoms with Crippen molar-refractivity contribution in [2.24, 2.45) is 11.8 Å². The molecule has 3 fully saturated rings. The molecule has 8 aromatic rings. The Labute approximate surface area is 685 Å². The molecule has 590 valence electrons. The van der Waals surface area contributed by atoms with Gasteiger partial charge in [0.15, 0.2) is 0 Å². The standard InChI is InChI=1S/2C21H27N2.C12H14.C9H12.C8H12.C7H6.2C5H5N.C4H8O.C3H6O.4ClH.2Ru/c2*1-14-9-16(3)20(17(4)10-14)22-7-8-23(13-22)21-18(5)11-15(2)12-19(21)6;1-2-3-4-6-9-12-10-7-5-8-11-12;1-2-8-5-7-3-4-9(8)6-7;1-2-4-6-8-7-5-3-1;1-7-5-3-2-4-6-7;2*1-2-4-6-5-3-1;1-3-5-4-2;1-3-4-2;;;;;;/h2*9-13H,7-8H2,1-6H3;2,5-11H,1,3-4H2;2-4,7,9H,5-6H2,1H3;1-2,7-8H,3-6H2;1-6H;2*1-5H;3H,1,4H2,2H3;2H,3H2,1H3;4*1H;;/q2*-1;;;;;;;;;;;;;2*+2/p-4/b;;9-6+;8-2+;2-1-,8-7?;;;;;;;;;;;. The molecule has 2 aliphatic heterocycles. The average molecular weight is 1720 g/mol. The molecule has 109 heavy (non-hydrogen) atoms. The molecule has 2 aromatic heterocycles. The van der Waals surface area contributed by atoms with Crippen LogP contribution in [0.25, 0.3) is 6.08 Å². The number of pyridine rings is 2. The van der Waals surface area contributed by atoms with E-state index in [0.717, 1.165) is 63.0 Å². The number of allylic oxidation sites excluding steroid dienone is 10. The van der Waals surface area contributed by atoms with Crippen molar-refractivity contribution in [2.45, 2.75) is 155 Å². The van der Waals surface area contributed by atoms with Gasteiger partial charge in [0.1, 0.15) is 0 Å². The summed E-state index contributed by atoms with van der Waals surface area (Å²) in [5, 5.41) is 0. The SMILES string of the molecule is C/C=C1\CC2C=CC1C2.C1=CCC/C=C\CC1.C=CCC/C=C/c1ccccc1.C=COCC.CCO[CH]=[Ru]([Cl])[Cl].Cc1cc(C)c(N2[CH-]N(c3c(C)cc(C)cc3C)CC2)c(C)c1.Cc1cc(C)c(N2[CH-]N(c3c(C)cc(C)cc3C)CC2)c(C)c1.[Cl][Ru]([Cl])=[CH]c1ccccc1.c1ccncc1.c1ccncc1. The van der Waals surface area contributed by atoms with E-state index in [0.29, 0.717) is 6.61 Å². The number of aromatic nitrogens is 2. The number of aryl methyl sites for hydroxylation is 12. The van der Waals surface area contributed by atoms with Crippen molar-refractivity contribution < 1.29 is 36.5 Å². The van der Waals surface area contributed by atoms with Gasteiger partial charge in [-0.3, -0.25) is 9.97 Å². The van der Waals surface area contributed by atoms with Crippen molar-refractivity contribution in [2.75, 3.05) is 59.0 Å². The Balaban J connectivity index is 0.000000269. The number of ether oxygens (including phenoxy) is 2. The van der Waals surface area contributed by atoms with Crippen LogP contribution < -0.4 is 19.6 Å². The molecule has 2 bridgehead atoms. The summed E-state index contributed by atoms with van der Waals surface area (Å²) in [5.74, 6) is 1.74. The van der Waals surface area contributed by atoms with Crippen molar-refractivity contribution in [1.82, 2.24) is 9.97 Å². The summed E-state index contributed by atoms with van der Waals surface area (Å²) in [5.41, 5.74) is 25.7. The number of hydrogen-bond acceptors (Lipinski definition) is 8. The fourth-order valence-electron chi connectivity index (χ4n) is 13.5. The summed E-state index contributed by atoms with van der Waals surface area (Å²) in [6.45, 7) is 49.5. The summed E-state index contributed by atoms with van der Waals surface area (Å²) in [6, 6.07) is 49.9.